The van der Waals surface area contributed by atoms with E-state index >= 15 is 0 Å². The minimum atomic E-state index is -2.92. The maximum absolute atomic E-state index is 14.4. The summed E-state index contributed by atoms with van der Waals surface area (Å²) in [6.45, 7) is 2.64. The summed E-state index contributed by atoms with van der Waals surface area (Å²) in [5.41, 5.74) is 0.280. The molecule has 3 aliphatic heterocycles. The van der Waals surface area contributed by atoms with E-state index in [0.29, 0.717) is 42.0 Å². The van der Waals surface area contributed by atoms with Gasteiger partial charge >= 0.3 is 0 Å². The zero-order valence-electron chi connectivity index (χ0n) is 24.7. The van der Waals surface area contributed by atoms with E-state index in [1.54, 1.807) is 14.0 Å². The lowest BCUT2D eigenvalue weighted by molar-refractivity contribution is -0.142. The summed E-state index contributed by atoms with van der Waals surface area (Å²) in [6.07, 6.45) is 2.31. The van der Waals surface area contributed by atoms with E-state index in [1.165, 1.54) is 40.1 Å². The Hall–Kier alpha value is -3.70. The smallest absolute Gasteiger partial charge is 0.287 e. The van der Waals surface area contributed by atoms with Gasteiger partial charge in [0.25, 0.3) is 11.8 Å². The number of fused-ring (bicyclic) bond motifs is 2. The van der Waals surface area contributed by atoms with Crippen molar-refractivity contribution in [2.45, 2.75) is 49.8 Å². The molecular formula is C29H33FN6O8S. The van der Waals surface area contributed by atoms with Crippen LogP contribution in [0.15, 0.2) is 35.1 Å². The van der Waals surface area contributed by atoms with Crippen LogP contribution in [-0.2, 0) is 28.7 Å². The number of anilines is 2. The Kier molecular flexibility index (Phi) is 7.51. The number of benzene rings is 1. The first-order chi connectivity index (χ1) is 21.6. The second kappa shape index (κ2) is 11.3. The third kappa shape index (κ3) is 5.54. The normalized spacial score (nSPS) is 26.4. The van der Waals surface area contributed by atoms with Crippen LogP contribution in [0, 0.1) is 12.7 Å². The lowest BCUT2D eigenvalue weighted by atomic mass is 10.1. The maximum atomic E-state index is 14.4. The molecule has 7 rings (SSSR count). The van der Waals surface area contributed by atoms with Crippen molar-refractivity contribution in [1.82, 2.24) is 19.5 Å². The molecule has 45 heavy (non-hydrogen) atoms. The molecule has 3 saturated heterocycles. The van der Waals surface area contributed by atoms with Crippen LogP contribution >= 0.6 is 0 Å². The number of halogens is 1. The SMILES string of the molecule is CO[C@@H]1CO[C@H]2[C@@H]1OC[C@H]2Oc1cc(F)ccc1Nc1ncnn2cc(C(=O)N=S3(=O)CCN(C(=O)C4(O)CC4)CC3)c(C)c12. The van der Waals surface area contributed by atoms with Gasteiger partial charge in [0.1, 0.15) is 47.3 Å². The number of methoxy groups -OCH3 is 1. The van der Waals surface area contributed by atoms with Gasteiger partial charge in [-0.3, -0.25) is 9.59 Å². The van der Waals surface area contributed by atoms with E-state index in [2.05, 4.69) is 19.8 Å². The third-order valence-electron chi connectivity index (χ3n) is 8.82. The largest absolute Gasteiger partial charge is 0.483 e. The van der Waals surface area contributed by atoms with Crippen molar-refractivity contribution in [3.05, 3.63) is 47.7 Å². The highest BCUT2D eigenvalue weighted by molar-refractivity contribution is 7.94. The summed E-state index contributed by atoms with van der Waals surface area (Å²) in [7, 11) is -1.32. The number of hydrogen-bond donors (Lipinski definition) is 2. The standard InChI is InChI=1S/C29H33FN6O8S/c1-16-18(27(37)34-45(40)9-7-35(8-10-45)28(38)29(39)5-6-29)12-36-23(16)26(31-15-32-36)33-19-4-3-17(30)11-20(19)44-22-14-43-24-21(41-2)13-42-25(22)24/h3-4,11-12,15,21-22,24-25,39H,5-10,13-14H2,1-2H3,(H,31,32,33)/t21-,22-,24-,25-/m1/s1. The number of aliphatic hydroxyl groups is 1. The molecule has 0 unspecified atom stereocenters. The van der Waals surface area contributed by atoms with E-state index in [1.807, 2.05) is 0 Å². The monoisotopic (exact) mass is 644 g/mol. The molecule has 0 bridgehead atoms. The van der Waals surface area contributed by atoms with Crippen molar-refractivity contribution in [3.8, 4) is 5.75 Å². The molecule has 4 aliphatic rings. The summed E-state index contributed by atoms with van der Waals surface area (Å²) >= 11 is 0. The van der Waals surface area contributed by atoms with Gasteiger partial charge in [0, 0.05) is 44.0 Å². The highest BCUT2D eigenvalue weighted by atomic mass is 32.2. The quantitative estimate of drug-likeness (QED) is 0.382. The average molecular weight is 645 g/mol. The first-order valence-corrected chi connectivity index (χ1v) is 16.5. The topological polar surface area (TPSA) is 166 Å². The molecule has 2 amide bonds. The van der Waals surface area contributed by atoms with Crippen LogP contribution in [0.25, 0.3) is 5.52 Å². The zero-order valence-corrected chi connectivity index (χ0v) is 25.5. The Morgan fingerprint density at radius 2 is 1.89 bits per heavy atom. The minimum Gasteiger partial charge on any atom is -0.483 e. The molecular weight excluding hydrogens is 611 g/mol. The number of amides is 2. The summed E-state index contributed by atoms with van der Waals surface area (Å²) in [4.78, 5) is 31.7. The summed E-state index contributed by atoms with van der Waals surface area (Å²) in [6, 6.07) is 4.07. The molecule has 4 atom stereocenters. The lowest BCUT2D eigenvalue weighted by Gasteiger charge is -2.30. The summed E-state index contributed by atoms with van der Waals surface area (Å²) < 4.78 is 56.7. The fourth-order valence-corrected chi connectivity index (χ4v) is 7.83. The van der Waals surface area contributed by atoms with Crippen LogP contribution in [0.4, 0.5) is 15.9 Å². The van der Waals surface area contributed by atoms with Crippen molar-refractivity contribution >= 4 is 38.6 Å². The van der Waals surface area contributed by atoms with Crippen LogP contribution in [0.5, 0.6) is 5.75 Å². The van der Waals surface area contributed by atoms with Crippen LogP contribution in [-0.4, -0.2) is 116 Å². The summed E-state index contributed by atoms with van der Waals surface area (Å²) in [5, 5.41) is 17.6. The molecule has 2 N–H and O–H groups in total. The Morgan fingerprint density at radius 3 is 2.60 bits per heavy atom. The zero-order chi connectivity index (χ0) is 31.5. The van der Waals surface area contributed by atoms with E-state index in [4.69, 9.17) is 18.9 Å². The molecule has 2 aromatic heterocycles. The molecule has 14 nitrogen and oxygen atoms in total. The number of carbonyl (C=O) groups excluding carboxylic acids is 2. The lowest BCUT2D eigenvalue weighted by Crippen LogP contribution is -2.48. The fraction of sp³-hybridized carbons (Fsp3) is 0.517. The fourth-order valence-electron chi connectivity index (χ4n) is 6.03. The van der Waals surface area contributed by atoms with Gasteiger partial charge in [-0.05, 0) is 37.5 Å². The number of nitrogens with one attached hydrogen (secondary N) is 1. The van der Waals surface area contributed by atoms with E-state index in [0.717, 1.165) is 0 Å². The number of aryl methyl sites for hydroxylation is 1. The minimum absolute atomic E-state index is 0.0394. The second-order valence-electron chi connectivity index (χ2n) is 11.8. The van der Waals surface area contributed by atoms with Gasteiger partial charge in [-0.1, -0.05) is 0 Å². The number of aromatic nitrogens is 3. The van der Waals surface area contributed by atoms with Crippen molar-refractivity contribution < 1.29 is 42.2 Å². The van der Waals surface area contributed by atoms with Gasteiger partial charge in [0.15, 0.2) is 11.9 Å². The number of nitrogens with zero attached hydrogens (tertiary/aromatic N) is 5. The highest BCUT2D eigenvalue weighted by Gasteiger charge is 2.51. The number of ether oxygens (including phenoxy) is 4. The van der Waals surface area contributed by atoms with Gasteiger partial charge in [0.05, 0.1) is 34.2 Å². The Morgan fingerprint density at radius 1 is 1.18 bits per heavy atom. The number of carbonyl (C=O) groups is 2. The van der Waals surface area contributed by atoms with Crippen molar-refractivity contribution in [2.24, 2.45) is 4.36 Å². The molecule has 0 radical (unpaired) electrons. The Labute approximate surface area is 258 Å². The third-order valence-corrected chi connectivity index (χ3v) is 11.0. The molecule has 240 valence electrons. The second-order valence-corrected chi connectivity index (χ2v) is 14.3. The molecule has 1 aromatic carbocycles. The van der Waals surface area contributed by atoms with Gasteiger partial charge in [0.2, 0.25) is 0 Å². The van der Waals surface area contributed by atoms with Gasteiger partial charge < -0.3 is 34.3 Å². The average Bonchev–Trinajstić information content (AvgIpc) is 3.32. The summed E-state index contributed by atoms with van der Waals surface area (Å²) in [5.74, 6) is -0.898. The first kappa shape index (κ1) is 30.0. The van der Waals surface area contributed by atoms with Crippen molar-refractivity contribution in [2.75, 3.05) is 50.2 Å². The number of rotatable bonds is 7. The van der Waals surface area contributed by atoms with Crippen molar-refractivity contribution in [1.29, 1.82) is 0 Å². The molecule has 0 spiro atoms. The maximum Gasteiger partial charge on any atom is 0.287 e. The van der Waals surface area contributed by atoms with Crippen molar-refractivity contribution in [3.63, 3.8) is 0 Å². The molecule has 16 heteroatoms. The van der Waals surface area contributed by atoms with Crippen LogP contribution in [0.2, 0.25) is 0 Å². The number of hydrogen-bond acceptors (Lipinski definition) is 11. The van der Waals surface area contributed by atoms with Crippen LogP contribution < -0.4 is 10.1 Å². The predicted octanol–water partition coefficient (Wildman–Crippen LogP) is 1.46. The Balaban J connectivity index is 1.11. The van der Waals surface area contributed by atoms with Gasteiger partial charge in [-0.2, -0.15) is 9.46 Å². The molecule has 4 fully saturated rings. The molecule has 1 aliphatic carbocycles. The Bertz CT molecular complexity index is 1790. The van der Waals surface area contributed by atoms with E-state index in [-0.39, 0.29) is 66.7 Å². The first-order valence-electron chi connectivity index (χ1n) is 14.7. The molecule has 5 heterocycles. The van der Waals surface area contributed by atoms with Gasteiger partial charge in [-0.25, -0.2) is 18.1 Å². The highest BCUT2D eigenvalue weighted by Crippen LogP contribution is 2.38. The molecule has 1 saturated carbocycles. The van der Waals surface area contributed by atoms with E-state index < -0.39 is 33.2 Å². The van der Waals surface area contributed by atoms with Gasteiger partial charge in [-0.15, -0.1) is 0 Å². The predicted molar refractivity (Wildman–Crippen MR) is 157 cm³/mol. The van der Waals surface area contributed by atoms with E-state index in [9.17, 15) is 23.3 Å². The van der Waals surface area contributed by atoms with Crippen LogP contribution in [0.3, 0.4) is 0 Å². The molecule has 3 aromatic rings. The van der Waals surface area contributed by atoms with Crippen LogP contribution in [0.1, 0.15) is 28.8 Å².